The van der Waals surface area contributed by atoms with E-state index in [1.165, 1.54) is 5.56 Å². The van der Waals surface area contributed by atoms with Crippen molar-refractivity contribution in [2.45, 2.75) is 6.42 Å². The summed E-state index contributed by atoms with van der Waals surface area (Å²) in [5.41, 5.74) is 5.38. The van der Waals surface area contributed by atoms with Crippen molar-refractivity contribution in [1.29, 1.82) is 0 Å². The second-order valence-corrected chi connectivity index (χ2v) is 8.73. The molecule has 0 aliphatic carbocycles. The second kappa shape index (κ2) is 10.8. The lowest BCUT2D eigenvalue weighted by molar-refractivity contribution is 0.102. The number of aliphatic hydroxyl groups is 1. The van der Waals surface area contributed by atoms with Crippen molar-refractivity contribution in [2.75, 3.05) is 23.8 Å². The average molecular weight is 478 g/mol. The molecule has 3 aromatic carbocycles. The van der Waals surface area contributed by atoms with Gasteiger partial charge in [0.25, 0.3) is 5.91 Å². The first-order valence-corrected chi connectivity index (χ1v) is 11.9. The van der Waals surface area contributed by atoms with Crippen LogP contribution in [0.25, 0.3) is 22.0 Å². The van der Waals surface area contributed by atoms with E-state index < -0.39 is 0 Å². The van der Waals surface area contributed by atoms with Gasteiger partial charge in [-0.2, -0.15) is 5.10 Å². The summed E-state index contributed by atoms with van der Waals surface area (Å²) in [4.78, 5) is 17.0. The molecule has 0 aliphatic rings. The Hall–Kier alpha value is -4.49. The lowest BCUT2D eigenvalue weighted by Gasteiger charge is -2.16. The minimum Gasteiger partial charge on any atom is -0.396 e. The van der Waals surface area contributed by atoms with Gasteiger partial charge in [0.1, 0.15) is 0 Å². The van der Waals surface area contributed by atoms with Crippen LogP contribution in [-0.4, -0.2) is 39.3 Å². The van der Waals surface area contributed by atoms with Gasteiger partial charge in [-0.3, -0.25) is 14.9 Å². The van der Waals surface area contributed by atoms with Crippen molar-refractivity contribution in [3.8, 4) is 11.1 Å². The minimum absolute atomic E-state index is 0.0918. The maximum absolute atomic E-state index is 12.6. The summed E-state index contributed by atoms with van der Waals surface area (Å²) < 4.78 is 0. The van der Waals surface area contributed by atoms with Gasteiger partial charge in [0, 0.05) is 48.0 Å². The minimum atomic E-state index is -0.212. The molecule has 0 spiro atoms. The molecule has 2 aromatic heterocycles. The summed E-state index contributed by atoms with van der Waals surface area (Å²) in [6.07, 6.45) is 4.39. The largest absolute Gasteiger partial charge is 0.396 e. The molecule has 180 valence electrons. The van der Waals surface area contributed by atoms with Crippen LogP contribution in [0.1, 0.15) is 15.9 Å². The summed E-state index contributed by atoms with van der Waals surface area (Å²) in [5, 5.41) is 24.3. The van der Waals surface area contributed by atoms with E-state index in [4.69, 9.17) is 0 Å². The number of aliphatic hydroxyl groups excluding tert-OH is 1. The molecule has 1 atom stereocenters. The van der Waals surface area contributed by atoms with Gasteiger partial charge < -0.3 is 15.7 Å². The Morgan fingerprint density at radius 2 is 1.69 bits per heavy atom. The van der Waals surface area contributed by atoms with E-state index in [9.17, 15) is 9.90 Å². The first-order valence-electron chi connectivity index (χ1n) is 11.9. The number of nitrogens with zero attached hydrogens (tertiary/aromatic N) is 2. The first-order chi connectivity index (χ1) is 17.7. The van der Waals surface area contributed by atoms with Crippen LogP contribution in [0.15, 0.2) is 97.3 Å². The summed E-state index contributed by atoms with van der Waals surface area (Å²) in [7, 11) is 0. The van der Waals surface area contributed by atoms with Crippen LogP contribution in [0.4, 0.5) is 11.5 Å². The van der Waals surface area contributed by atoms with Crippen LogP contribution in [0.3, 0.4) is 0 Å². The predicted octanol–water partition coefficient (Wildman–Crippen LogP) is 5.14. The van der Waals surface area contributed by atoms with E-state index in [0.29, 0.717) is 17.9 Å². The Morgan fingerprint density at radius 1 is 0.917 bits per heavy atom. The molecule has 1 amide bonds. The number of benzene rings is 3. The molecular weight excluding hydrogens is 450 g/mol. The van der Waals surface area contributed by atoms with Crippen LogP contribution in [0.2, 0.25) is 0 Å². The van der Waals surface area contributed by atoms with Crippen molar-refractivity contribution >= 4 is 28.3 Å². The fourth-order valence-electron chi connectivity index (χ4n) is 4.16. The van der Waals surface area contributed by atoms with Crippen molar-refractivity contribution in [1.82, 2.24) is 15.2 Å². The Kier molecular flexibility index (Phi) is 7.00. The lowest BCUT2D eigenvalue weighted by Crippen LogP contribution is -2.20. The van der Waals surface area contributed by atoms with Crippen molar-refractivity contribution in [3.05, 3.63) is 108 Å². The highest BCUT2D eigenvalue weighted by molar-refractivity contribution is 6.08. The second-order valence-electron chi connectivity index (χ2n) is 8.73. The number of rotatable bonds is 9. The van der Waals surface area contributed by atoms with Gasteiger partial charge in [0.15, 0.2) is 5.82 Å². The van der Waals surface area contributed by atoms with Crippen molar-refractivity contribution in [3.63, 3.8) is 0 Å². The van der Waals surface area contributed by atoms with Crippen LogP contribution in [-0.2, 0) is 6.42 Å². The van der Waals surface area contributed by atoms with Gasteiger partial charge in [0.2, 0.25) is 0 Å². The molecular formula is C29H27N5O2. The monoisotopic (exact) mass is 477 g/mol. The number of anilines is 2. The van der Waals surface area contributed by atoms with Crippen LogP contribution >= 0.6 is 0 Å². The summed E-state index contributed by atoms with van der Waals surface area (Å²) in [6, 6.07) is 27.2. The van der Waals surface area contributed by atoms with E-state index >= 15 is 0 Å². The van der Waals surface area contributed by atoms with Crippen LogP contribution < -0.4 is 10.6 Å². The molecule has 0 fully saturated rings. The van der Waals surface area contributed by atoms with E-state index in [0.717, 1.165) is 34.1 Å². The van der Waals surface area contributed by atoms with Gasteiger partial charge >= 0.3 is 0 Å². The SMILES string of the molecule is O=C(Nc1n[nH]c2ccc(-c3cncc(NC[C@@H](CO)Cc4ccccc4)c3)cc12)c1ccccc1. The number of carbonyl (C=O) groups excluding carboxylic acids is 1. The number of aromatic amines is 1. The van der Waals surface area contributed by atoms with Gasteiger partial charge in [-0.05, 0) is 47.9 Å². The van der Waals surface area contributed by atoms with Gasteiger partial charge in [-0.25, -0.2) is 0 Å². The molecule has 0 radical (unpaired) electrons. The molecule has 7 nitrogen and oxygen atoms in total. The maximum atomic E-state index is 12.6. The Labute approximate surface area is 209 Å². The fraction of sp³-hybridized carbons (Fsp3) is 0.138. The Bertz CT molecular complexity index is 1450. The third-order valence-corrected chi connectivity index (χ3v) is 6.12. The molecule has 5 rings (SSSR count). The molecule has 4 N–H and O–H groups in total. The van der Waals surface area contributed by atoms with Gasteiger partial charge in [-0.1, -0.05) is 54.6 Å². The van der Waals surface area contributed by atoms with E-state index in [1.54, 1.807) is 18.3 Å². The Balaban J connectivity index is 1.31. The smallest absolute Gasteiger partial charge is 0.256 e. The number of fused-ring (bicyclic) bond motifs is 1. The number of pyridine rings is 1. The standard InChI is InChI=1S/C29H27N5O2/c35-19-21(13-20-7-3-1-4-8-20)16-31-25-14-24(17-30-18-25)23-11-12-27-26(15-23)28(34-33-27)32-29(36)22-9-5-2-6-10-22/h1-12,14-15,17-18,21,31,35H,13,16,19H2,(H2,32,33,34,36)/t21-/m0/s1. The maximum Gasteiger partial charge on any atom is 0.256 e. The number of carbonyl (C=O) groups is 1. The van der Waals surface area contributed by atoms with Crippen molar-refractivity contribution in [2.24, 2.45) is 5.92 Å². The molecule has 0 unspecified atom stereocenters. The quantitative estimate of drug-likeness (QED) is 0.235. The number of hydrogen-bond acceptors (Lipinski definition) is 5. The molecule has 5 aromatic rings. The molecule has 0 aliphatic heterocycles. The van der Waals surface area contributed by atoms with E-state index in [2.05, 4.69) is 37.9 Å². The molecule has 0 saturated carbocycles. The molecule has 0 saturated heterocycles. The van der Waals surface area contributed by atoms with E-state index in [-0.39, 0.29) is 18.4 Å². The lowest BCUT2D eigenvalue weighted by atomic mass is 10.00. The van der Waals surface area contributed by atoms with Crippen molar-refractivity contribution < 1.29 is 9.90 Å². The number of nitrogens with one attached hydrogen (secondary N) is 3. The van der Waals surface area contributed by atoms with Gasteiger partial charge in [-0.15, -0.1) is 0 Å². The average Bonchev–Trinajstić information content (AvgIpc) is 3.34. The highest BCUT2D eigenvalue weighted by Gasteiger charge is 2.13. The topological polar surface area (TPSA) is 103 Å². The highest BCUT2D eigenvalue weighted by atomic mass is 16.3. The molecule has 7 heteroatoms. The van der Waals surface area contributed by atoms with Crippen LogP contribution in [0.5, 0.6) is 0 Å². The highest BCUT2D eigenvalue weighted by Crippen LogP contribution is 2.29. The molecule has 2 heterocycles. The fourth-order valence-corrected chi connectivity index (χ4v) is 4.16. The first kappa shape index (κ1) is 23.3. The Morgan fingerprint density at radius 3 is 2.47 bits per heavy atom. The zero-order chi connectivity index (χ0) is 24.7. The third kappa shape index (κ3) is 5.42. The normalized spacial score (nSPS) is 11.8. The summed E-state index contributed by atoms with van der Waals surface area (Å²) >= 11 is 0. The summed E-state index contributed by atoms with van der Waals surface area (Å²) in [5.74, 6) is 0.361. The number of amides is 1. The zero-order valence-electron chi connectivity index (χ0n) is 19.7. The zero-order valence-corrected chi connectivity index (χ0v) is 19.7. The number of hydrogen-bond donors (Lipinski definition) is 4. The third-order valence-electron chi connectivity index (χ3n) is 6.12. The number of aromatic nitrogens is 3. The number of H-pyrrole nitrogens is 1. The van der Waals surface area contributed by atoms with Crippen LogP contribution in [0, 0.1) is 5.92 Å². The molecule has 0 bridgehead atoms. The molecule has 36 heavy (non-hydrogen) atoms. The predicted molar refractivity (Wildman–Crippen MR) is 143 cm³/mol. The summed E-state index contributed by atoms with van der Waals surface area (Å²) in [6.45, 7) is 0.733. The van der Waals surface area contributed by atoms with Gasteiger partial charge in [0.05, 0.1) is 11.2 Å². The van der Waals surface area contributed by atoms with E-state index in [1.807, 2.05) is 66.9 Å².